The SMILES string of the molecule is COCCN(CC(=O)O)C(=O)NCCCC(=O)NC1CC1. The average molecular weight is 301 g/mol. The van der Waals surface area contributed by atoms with Crippen molar-refractivity contribution in [2.75, 3.05) is 33.4 Å². The number of carbonyl (C=O) groups excluding carboxylic acids is 2. The van der Waals surface area contributed by atoms with Crippen molar-refractivity contribution in [3.05, 3.63) is 0 Å². The molecule has 0 bridgehead atoms. The fraction of sp³-hybridized carbons (Fsp3) is 0.769. The fourth-order valence-corrected chi connectivity index (χ4v) is 1.70. The van der Waals surface area contributed by atoms with Crippen LogP contribution in [0.2, 0.25) is 0 Å². The number of ether oxygens (including phenoxy) is 1. The topological polar surface area (TPSA) is 108 Å². The second kappa shape index (κ2) is 9.17. The van der Waals surface area contributed by atoms with Crippen molar-refractivity contribution in [3.8, 4) is 0 Å². The van der Waals surface area contributed by atoms with Crippen molar-refractivity contribution >= 4 is 17.9 Å². The van der Waals surface area contributed by atoms with E-state index >= 15 is 0 Å². The lowest BCUT2D eigenvalue weighted by Gasteiger charge is -2.20. The first-order valence-electron chi connectivity index (χ1n) is 7.05. The summed E-state index contributed by atoms with van der Waals surface area (Å²) in [5.41, 5.74) is 0. The van der Waals surface area contributed by atoms with Crippen LogP contribution in [0.1, 0.15) is 25.7 Å². The van der Waals surface area contributed by atoms with Crippen LogP contribution >= 0.6 is 0 Å². The van der Waals surface area contributed by atoms with Gasteiger partial charge < -0.3 is 25.4 Å². The lowest BCUT2D eigenvalue weighted by molar-refractivity contribution is -0.137. The first-order valence-corrected chi connectivity index (χ1v) is 7.05. The van der Waals surface area contributed by atoms with E-state index in [0.29, 0.717) is 25.4 Å². The zero-order valence-corrected chi connectivity index (χ0v) is 12.3. The number of carbonyl (C=O) groups is 3. The Kier molecular flexibility index (Phi) is 7.52. The molecular formula is C13H23N3O5. The highest BCUT2D eigenvalue weighted by Gasteiger charge is 2.22. The Balaban J connectivity index is 2.18. The molecule has 8 nitrogen and oxygen atoms in total. The van der Waals surface area contributed by atoms with Gasteiger partial charge in [0, 0.05) is 32.7 Å². The average Bonchev–Trinajstić information content (AvgIpc) is 3.22. The summed E-state index contributed by atoms with van der Waals surface area (Å²) in [4.78, 5) is 35.1. The Morgan fingerprint density at radius 1 is 1.33 bits per heavy atom. The Morgan fingerprint density at radius 3 is 2.62 bits per heavy atom. The van der Waals surface area contributed by atoms with E-state index in [4.69, 9.17) is 9.84 Å². The van der Waals surface area contributed by atoms with E-state index in [1.165, 1.54) is 7.11 Å². The molecule has 0 spiro atoms. The van der Waals surface area contributed by atoms with Crippen LogP contribution in [0.25, 0.3) is 0 Å². The van der Waals surface area contributed by atoms with E-state index in [1.807, 2.05) is 0 Å². The zero-order valence-electron chi connectivity index (χ0n) is 12.3. The predicted octanol–water partition coefficient (Wildman–Crippen LogP) is -0.212. The first kappa shape index (κ1) is 17.2. The van der Waals surface area contributed by atoms with E-state index in [0.717, 1.165) is 17.7 Å². The molecule has 0 heterocycles. The maximum atomic E-state index is 11.8. The van der Waals surface area contributed by atoms with E-state index in [-0.39, 0.29) is 25.6 Å². The van der Waals surface area contributed by atoms with E-state index in [2.05, 4.69) is 10.6 Å². The van der Waals surface area contributed by atoms with Crippen LogP contribution in [0.4, 0.5) is 4.79 Å². The number of hydrogen-bond donors (Lipinski definition) is 3. The summed E-state index contributed by atoms with van der Waals surface area (Å²) >= 11 is 0. The molecule has 1 aliphatic carbocycles. The number of carboxylic acids is 1. The summed E-state index contributed by atoms with van der Waals surface area (Å²) in [6, 6.07) is -0.121. The second-order valence-corrected chi connectivity index (χ2v) is 4.99. The molecule has 1 fully saturated rings. The van der Waals surface area contributed by atoms with Crippen molar-refractivity contribution in [2.24, 2.45) is 0 Å². The number of methoxy groups -OCH3 is 1. The van der Waals surface area contributed by atoms with Crippen molar-refractivity contribution < 1.29 is 24.2 Å². The summed E-state index contributed by atoms with van der Waals surface area (Å²) in [6.07, 6.45) is 2.97. The van der Waals surface area contributed by atoms with Crippen LogP contribution in [0.5, 0.6) is 0 Å². The van der Waals surface area contributed by atoms with Crippen molar-refractivity contribution in [3.63, 3.8) is 0 Å². The van der Waals surface area contributed by atoms with Crippen LogP contribution in [0, 0.1) is 0 Å². The minimum atomic E-state index is -1.08. The highest BCUT2D eigenvalue weighted by Crippen LogP contribution is 2.18. The Hall–Kier alpha value is -1.83. The van der Waals surface area contributed by atoms with Gasteiger partial charge in [-0.25, -0.2) is 4.79 Å². The van der Waals surface area contributed by atoms with Crippen molar-refractivity contribution in [2.45, 2.75) is 31.7 Å². The minimum Gasteiger partial charge on any atom is -0.480 e. The van der Waals surface area contributed by atoms with Gasteiger partial charge in [0.05, 0.1) is 6.61 Å². The van der Waals surface area contributed by atoms with Crippen LogP contribution in [0.3, 0.4) is 0 Å². The third-order valence-electron chi connectivity index (χ3n) is 2.98. The number of urea groups is 1. The van der Waals surface area contributed by atoms with Gasteiger partial charge in [-0.05, 0) is 19.3 Å². The summed E-state index contributed by atoms with van der Waals surface area (Å²) < 4.78 is 4.84. The molecular weight excluding hydrogens is 278 g/mol. The van der Waals surface area contributed by atoms with E-state index in [9.17, 15) is 14.4 Å². The summed E-state index contributed by atoms with van der Waals surface area (Å²) in [7, 11) is 1.48. The molecule has 0 unspecified atom stereocenters. The lowest BCUT2D eigenvalue weighted by Crippen LogP contribution is -2.44. The molecule has 3 N–H and O–H groups in total. The number of amides is 3. The molecule has 0 aromatic carbocycles. The first-order chi connectivity index (χ1) is 10.0. The third-order valence-corrected chi connectivity index (χ3v) is 2.98. The van der Waals surface area contributed by atoms with Gasteiger partial charge in [0.1, 0.15) is 6.54 Å². The molecule has 0 aliphatic heterocycles. The molecule has 8 heteroatoms. The molecule has 120 valence electrons. The maximum Gasteiger partial charge on any atom is 0.323 e. The van der Waals surface area contributed by atoms with Gasteiger partial charge in [0.15, 0.2) is 0 Å². The standard InChI is InChI=1S/C13H23N3O5/c1-21-8-7-16(9-12(18)19)13(20)14-6-2-3-11(17)15-10-4-5-10/h10H,2-9H2,1H3,(H,14,20)(H,15,17)(H,18,19). The highest BCUT2D eigenvalue weighted by atomic mass is 16.5. The van der Waals surface area contributed by atoms with Gasteiger partial charge in [-0.2, -0.15) is 0 Å². The Labute approximate surface area is 123 Å². The molecule has 0 saturated heterocycles. The monoisotopic (exact) mass is 301 g/mol. The zero-order chi connectivity index (χ0) is 15.7. The molecule has 1 saturated carbocycles. The van der Waals surface area contributed by atoms with Gasteiger partial charge in [0.25, 0.3) is 0 Å². The maximum absolute atomic E-state index is 11.8. The Morgan fingerprint density at radius 2 is 2.05 bits per heavy atom. The van der Waals surface area contributed by atoms with E-state index in [1.54, 1.807) is 0 Å². The molecule has 0 atom stereocenters. The molecule has 3 amide bonds. The Bertz CT molecular complexity index is 371. The molecule has 0 aromatic rings. The van der Waals surface area contributed by atoms with Gasteiger partial charge in [-0.3, -0.25) is 9.59 Å². The molecule has 0 radical (unpaired) electrons. The molecule has 0 aromatic heterocycles. The third kappa shape index (κ3) is 8.13. The molecule has 1 rings (SSSR count). The largest absolute Gasteiger partial charge is 0.480 e. The minimum absolute atomic E-state index is 0.00600. The molecule has 21 heavy (non-hydrogen) atoms. The number of hydrogen-bond acceptors (Lipinski definition) is 4. The van der Waals surface area contributed by atoms with Gasteiger partial charge in [0.2, 0.25) is 5.91 Å². The number of aliphatic carboxylic acids is 1. The van der Waals surface area contributed by atoms with Gasteiger partial charge in [-0.15, -0.1) is 0 Å². The van der Waals surface area contributed by atoms with Crippen molar-refractivity contribution in [1.82, 2.24) is 15.5 Å². The summed E-state index contributed by atoms with van der Waals surface area (Å²) in [5.74, 6) is -1.08. The number of carboxylic acid groups (broad SMARTS) is 1. The predicted molar refractivity (Wildman–Crippen MR) is 74.9 cm³/mol. The fourth-order valence-electron chi connectivity index (χ4n) is 1.70. The van der Waals surface area contributed by atoms with Gasteiger partial charge in [-0.1, -0.05) is 0 Å². The van der Waals surface area contributed by atoms with Crippen molar-refractivity contribution in [1.29, 1.82) is 0 Å². The molecule has 1 aliphatic rings. The lowest BCUT2D eigenvalue weighted by atomic mass is 10.3. The number of nitrogens with one attached hydrogen (secondary N) is 2. The smallest absolute Gasteiger partial charge is 0.323 e. The quantitative estimate of drug-likeness (QED) is 0.484. The second-order valence-electron chi connectivity index (χ2n) is 4.99. The summed E-state index contributed by atoms with van der Waals surface area (Å²) in [5, 5.41) is 14.2. The van der Waals surface area contributed by atoms with Crippen LogP contribution < -0.4 is 10.6 Å². The number of nitrogens with zero attached hydrogens (tertiary/aromatic N) is 1. The van der Waals surface area contributed by atoms with Crippen LogP contribution in [-0.4, -0.2) is 67.3 Å². The summed E-state index contributed by atoms with van der Waals surface area (Å²) in [6.45, 7) is 0.429. The highest BCUT2D eigenvalue weighted by molar-refractivity contribution is 5.80. The normalized spacial score (nSPS) is 13.6. The van der Waals surface area contributed by atoms with E-state index < -0.39 is 12.0 Å². The van der Waals surface area contributed by atoms with Gasteiger partial charge >= 0.3 is 12.0 Å². The van der Waals surface area contributed by atoms with Crippen LogP contribution in [-0.2, 0) is 14.3 Å². The van der Waals surface area contributed by atoms with Crippen LogP contribution in [0.15, 0.2) is 0 Å². The number of rotatable bonds is 10.